The molecular weight excluding hydrogens is 805 g/mol. The van der Waals surface area contributed by atoms with E-state index in [1.54, 1.807) is 34.6 Å². The van der Waals surface area contributed by atoms with E-state index in [1.165, 1.54) is 27.9 Å². The van der Waals surface area contributed by atoms with E-state index in [0.29, 0.717) is 12.8 Å². The normalized spacial score (nSPS) is 42.8. The summed E-state index contributed by atoms with van der Waals surface area (Å²) in [4.78, 5) is 43.5. The van der Waals surface area contributed by atoms with Crippen LogP contribution < -0.4 is 5.32 Å². The lowest BCUT2D eigenvalue weighted by molar-refractivity contribution is -0.318. The van der Waals surface area contributed by atoms with Crippen molar-refractivity contribution in [3.63, 3.8) is 0 Å². The first-order chi connectivity index (χ1) is 28.8. The van der Waals surface area contributed by atoms with Crippen molar-refractivity contribution >= 4 is 17.7 Å². The number of benzene rings is 1. The first-order valence-corrected chi connectivity index (χ1v) is 22.2. The Hall–Kier alpha value is -2.61. The van der Waals surface area contributed by atoms with Gasteiger partial charge in [-0.15, -0.1) is 0 Å². The molecule has 3 fully saturated rings. The number of carbonyl (C=O) groups excluding carboxylic acids is 3. The molecular formula is C46H76N2O14. The number of hydrogen-bond acceptors (Lipinski definition) is 15. The SMILES string of the molecule is COC1(C)CC(O[C@H]2[C@H](C)[C@@H](OC3OC(C)CC(N(C)C)C3O)[C@](C)(O)C[C@@H](C)C(=O)[C@H](C)[C@@H](O)[C@](C)(O)[C@@H](CCNC(=O)CCc3ccccc3)OC(=O)[C@@H]2C)OC(C)C1O. The Kier molecular flexibility index (Phi) is 18.1. The van der Waals surface area contributed by atoms with Gasteiger partial charge in [0.25, 0.3) is 0 Å². The lowest BCUT2D eigenvalue weighted by Gasteiger charge is -2.49. The number of esters is 1. The molecule has 16 nitrogen and oxygen atoms in total. The molecule has 0 spiro atoms. The van der Waals surface area contributed by atoms with Crippen LogP contribution in [0.5, 0.6) is 0 Å². The topological polar surface area (TPSA) is 223 Å². The quantitative estimate of drug-likeness (QED) is 0.166. The lowest BCUT2D eigenvalue weighted by Crippen LogP contribution is -2.61. The van der Waals surface area contributed by atoms with Crippen LogP contribution in [0.2, 0.25) is 0 Å². The van der Waals surface area contributed by atoms with Gasteiger partial charge in [0.1, 0.15) is 29.7 Å². The van der Waals surface area contributed by atoms with Crippen molar-refractivity contribution in [2.24, 2.45) is 23.7 Å². The number of methoxy groups -OCH3 is 1. The molecule has 0 saturated carbocycles. The molecule has 18 atom stereocenters. The zero-order chi connectivity index (χ0) is 46.5. The number of aryl methyl sites for hydroxylation is 1. The van der Waals surface area contributed by atoms with E-state index < -0.39 is 108 Å². The molecule has 1 aromatic rings. The predicted molar refractivity (Wildman–Crippen MR) is 228 cm³/mol. The summed E-state index contributed by atoms with van der Waals surface area (Å²) >= 11 is 0. The minimum Gasteiger partial charge on any atom is -0.459 e. The second kappa shape index (κ2) is 21.6. The van der Waals surface area contributed by atoms with Crippen LogP contribution in [0.4, 0.5) is 0 Å². The highest BCUT2D eigenvalue weighted by Crippen LogP contribution is 2.41. The summed E-state index contributed by atoms with van der Waals surface area (Å²) < 4.78 is 37.6. The van der Waals surface area contributed by atoms with Gasteiger partial charge in [-0.25, -0.2) is 0 Å². The third-order valence-corrected chi connectivity index (χ3v) is 13.7. The van der Waals surface area contributed by atoms with Crippen LogP contribution in [0.3, 0.4) is 0 Å². The van der Waals surface area contributed by atoms with E-state index >= 15 is 0 Å². The van der Waals surface area contributed by atoms with Gasteiger partial charge in [0.05, 0.1) is 47.6 Å². The fourth-order valence-corrected chi connectivity index (χ4v) is 9.60. The van der Waals surface area contributed by atoms with E-state index in [0.717, 1.165) is 5.56 Å². The van der Waals surface area contributed by atoms with Crippen LogP contribution in [0, 0.1) is 23.7 Å². The molecule has 4 rings (SSSR count). The summed E-state index contributed by atoms with van der Waals surface area (Å²) in [5, 5.41) is 61.8. The van der Waals surface area contributed by atoms with Gasteiger partial charge in [-0.3, -0.25) is 14.4 Å². The highest BCUT2D eigenvalue weighted by molar-refractivity contribution is 5.83. The second-order valence-corrected chi connectivity index (χ2v) is 19.2. The summed E-state index contributed by atoms with van der Waals surface area (Å²) in [6.45, 7) is 14.4. The lowest BCUT2D eigenvalue weighted by atomic mass is 9.74. The van der Waals surface area contributed by atoms with Crippen molar-refractivity contribution in [2.45, 2.75) is 185 Å². The number of hydrogen-bond donors (Lipinski definition) is 6. The molecule has 3 aliphatic rings. The number of carbonyl (C=O) groups is 3. The van der Waals surface area contributed by atoms with Crippen LogP contribution in [0.1, 0.15) is 100.0 Å². The van der Waals surface area contributed by atoms with E-state index in [4.69, 9.17) is 28.4 Å². The number of aliphatic hydroxyl groups is 5. The first-order valence-electron chi connectivity index (χ1n) is 22.2. The molecule has 3 heterocycles. The summed E-state index contributed by atoms with van der Waals surface area (Å²) in [5.41, 5.74) is -4.16. The number of amides is 1. The Bertz CT molecular complexity index is 1610. The average molecular weight is 881 g/mol. The molecule has 3 saturated heterocycles. The number of aliphatic hydroxyl groups excluding tert-OH is 3. The molecule has 0 radical (unpaired) electrons. The summed E-state index contributed by atoms with van der Waals surface area (Å²) in [5.74, 6) is -5.77. The Morgan fingerprint density at radius 1 is 0.903 bits per heavy atom. The molecule has 0 aromatic heterocycles. The van der Waals surface area contributed by atoms with Crippen molar-refractivity contribution in [3.8, 4) is 0 Å². The molecule has 354 valence electrons. The Labute approximate surface area is 367 Å². The van der Waals surface area contributed by atoms with Crippen molar-refractivity contribution in [3.05, 3.63) is 35.9 Å². The molecule has 6 N–H and O–H groups in total. The fraction of sp³-hybridized carbons (Fsp3) is 0.804. The van der Waals surface area contributed by atoms with Crippen molar-refractivity contribution in [1.82, 2.24) is 10.2 Å². The molecule has 1 aromatic carbocycles. The smallest absolute Gasteiger partial charge is 0.311 e. The number of ether oxygens (including phenoxy) is 6. The van der Waals surface area contributed by atoms with E-state index in [2.05, 4.69) is 5.32 Å². The fourth-order valence-electron chi connectivity index (χ4n) is 9.60. The van der Waals surface area contributed by atoms with Gasteiger partial charge in [0, 0.05) is 56.7 Å². The van der Waals surface area contributed by atoms with Crippen LogP contribution in [0.15, 0.2) is 30.3 Å². The van der Waals surface area contributed by atoms with E-state index in [9.17, 15) is 39.9 Å². The van der Waals surface area contributed by atoms with Gasteiger partial charge in [-0.1, -0.05) is 51.1 Å². The molecule has 3 aliphatic heterocycles. The number of cyclic esters (lactones) is 1. The van der Waals surface area contributed by atoms with E-state index in [-0.39, 0.29) is 50.3 Å². The maximum absolute atomic E-state index is 14.6. The third-order valence-electron chi connectivity index (χ3n) is 13.7. The summed E-state index contributed by atoms with van der Waals surface area (Å²) in [7, 11) is 5.14. The maximum Gasteiger partial charge on any atom is 0.311 e. The molecule has 62 heavy (non-hydrogen) atoms. The predicted octanol–water partition coefficient (Wildman–Crippen LogP) is 2.51. The van der Waals surface area contributed by atoms with Gasteiger partial charge in [-0.2, -0.15) is 0 Å². The van der Waals surface area contributed by atoms with Crippen molar-refractivity contribution in [1.29, 1.82) is 0 Å². The average Bonchev–Trinajstić information content (AvgIpc) is 3.21. The standard InChI is InChI=1S/C46H76N2O14/c1-25-23-44(7,55)41(62-43-37(51)32(48(10)11)22-26(2)58-43)28(4)38(61-35-24-45(8,57-12)40(53)30(6)59-35)29(5)42(54)60-33(46(9,56)39(52)27(3)36(25)50)20-21-47-34(49)19-18-31-16-14-13-15-17-31/h13-17,25-30,32-33,35,37-41,43,51-53,55-56H,18-24H2,1-12H3,(H,47,49)/t25-,26?,27+,28+,29-,30?,32?,33-,35?,37?,38+,39-,40?,41-,43?,44-,45?,46-/m1/s1. The molecule has 16 heteroatoms. The van der Waals surface area contributed by atoms with Gasteiger partial charge in [0.15, 0.2) is 12.6 Å². The highest BCUT2D eigenvalue weighted by Gasteiger charge is 2.53. The Morgan fingerprint density at radius 2 is 1.55 bits per heavy atom. The van der Waals surface area contributed by atoms with Gasteiger partial charge >= 0.3 is 5.97 Å². The largest absolute Gasteiger partial charge is 0.459 e. The van der Waals surface area contributed by atoms with Gasteiger partial charge in [-0.05, 0) is 80.5 Å². The second-order valence-electron chi connectivity index (χ2n) is 19.2. The van der Waals surface area contributed by atoms with Crippen LogP contribution >= 0.6 is 0 Å². The number of ketones is 1. The Morgan fingerprint density at radius 3 is 2.16 bits per heavy atom. The third kappa shape index (κ3) is 12.4. The number of nitrogens with one attached hydrogen (secondary N) is 1. The van der Waals surface area contributed by atoms with Crippen molar-refractivity contribution < 1.29 is 68.3 Å². The zero-order valence-corrected chi connectivity index (χ0v) is 38.9. The highest BCUT2D eigenvalue weighted by atomic mass is 16.7. The van der Waals surface area contributed by atoms with Crippen LogP contribution in [-0.4, -0.2) is 160 Å². The van der Waals surface area contributed by atoms with Crippen molar-refractivity contribution in [2.75, 3.05) is 27.7 Å². The number of Topliss-reactive ketones (excluding diaryl/α,β-unsaturated/α-hetero) is 1. The number of rotatable bonds is 12. The van der Waals surface area contributed by atoms with Gasteiger partial charge < -0.3 is 64.2 Å². The van der Waals surface area contributed by atoms with Gasteiger partial charge in [0.2, 0.25) is 5.91 Å². The zero-order valence-electron chi connectivity index (χ0n) is 38.9. The molecule has 0 aliphatic carbocycles. The number of likely N-dealkylation sites (N-methyl/N-ethyl adjacent to an activating group) is 1. The molecule has 1 amide bonds. The van der Waals surface area contributed by atoms with E-state index in [1.807, 2.05) is 56.3 Å². The minimum atomic E-state index is -2.19. The molecule has 8 unspecified atom stereocenters. The number of nitrogens with zero attached hydrogens (tertiary/aromatic N) is 1. The maximum atomic E-state index is 14.6. The first kappa shape index (κ1) is 52.0. The Balaban J connectivity index is 1.76. The monoisotopic (exact) mass is 881 g/mol. The minimum absolute atomic E-state index is 0.0293. The molecule has 0 bridgehead atoms. The summed E-state index contributed by atoms with van der Waals surface area (Å²) in [6.07, 6.45) is -10.2. The summed E-state index contributed by atoms with van der Waals surface area (Å²) in [6, 6.07) is 9.16. The van der Waals surface area contributed by atoms with Crippen LogP contribution in [-0.2, 0) is 49.2 Å². The van der Waals surface area contributed by atoms with Crippen LogP contribution in [0.25, 0.3) is 0 Å².